The molecule has 15 heavy (non-hydrogen) atoms. The molecule has 5 nitrogen and oxygen atoms in total. The second kappa shape index (κ2) is 4.00. The topological polar surface area (TPSA) is 66.5 Å². The van der Waals surface area contributed by atoms with E-state index in [0.29, 0.717) is 0 Å². The highest BCUT2D eigenvalue weighted by Crippen LogP contribution is 2.23. The number of carbonyl (C=O) groups is 3. The highest BCUT2D eigenvalue weighted by Gasteiger charge is 2.40. The van der Waals surface area contributed by atoms with E-state index in [0.717, 1.165) is 17.7 Å². The smallest absolute Gasteiger partial charge is 0.277 e. The first-order valence-electron chi connectivity index (χ1n) is 5.05. The van der Waals surface area contributed by atoms with Crippen molar-refractivity contribution in [3.63, 3.8) is 0 Å². The van der Waals surface area contributed by atoms with Crippen molar-refractivity contribution in [3.8, 4) is 0 Å². The van der Waals surface area contributed by atoms with E-state index in [-0.39, 0.29) is 6.42 Å². The third-order valence-corrected chi connectivity index (χ3v) is 2.48. The number of amides is 4. The summed E-state index contributed by atoms with van der Waals surface area (Å²) < 4.78 is 0. The van der Waals surface area contributed by atoms with Crippen molar-refractivity contribution in [2.24, 2.45) is 0 Å². The predicted molar refractivity (Wildman–Crippen MR) is 54.0 cm³/mol. The molecule has 0 atom stereocenters. The van der Waals surface area contributed by atoms with Gasteiger partial charge in [0.2, 0.25) is 11.8 Å². The van der Waals surface area contributed by atoms with Gasteiger partial charge in [-0.05, 0) is 20.3 Å². The molecule has 1 fully saturated rings. The molecule has 5 heteroatoms. The molecular weight excluding hydrogens is 196 g/mol. The van der Waals surface area contributed by atoms with Crippen molar-refractivity contribution < 1.29 is 14.4 Å². The Balaban J connectivity index is 2.88. The largest absolute Gasteiger partial charge is 0.331 e. The van der Waals surface area contributed by atoms with E-state index in [1.165, 1.54) is 0 Å². The summed E-state index contributed by atoms with van der Waals surface area (Å²) >= 11 is 0. The number of hydrogen-bond donors (Lipinski definition) is 1. The van der Waals surface area contributed by atoms with Gasteiger partial charge < -0.3 is 0 Å². The number of urea groups is 1. The molecule has 0 bridgehead atoms. The SMILES string of the molecule is CCCC(C)(C)N1C(=O)CC(=O)NC1=O. The van der Waals surface area contributed by atoms with Crippen LogP contribution >= 0.6 is 0 Å². The Morgan fingerprint density at radius 1 is 1.33 bits per heavy atom. The highest BCUT2D eigenvalue weighted by atomic mass is 16.2. The molecule has 0 spiro atoms. The van der Waals surface area contributed by atoms with Gasteiger partial charge in [0.25, 0.3) is 0 Å². The van der Waals surface area contributed by atoms with Crippen LogP contribution in [0.3, 0.4) is 0 Å². The van der Waals surface area contributed by atoms with E-state index in [2.05, 4.69) is 5.32 Å². The van der Waals surface area contributed by atoms with Gasteiger partial charge in [0, 0.05) is 5.54 Å². The number of rotatable bonds is 3. The van der Waals surface area contributed by atoms with E-state index >= 15 is 0 Å². The Labute approximate surface area is 88.8 Å². The number of imide groups is 2. The summed E-state index contributed by atoms with van der Waals surface area (Å²) in [5.74, 6) is -0.934. The summed E-state index contributed by atoms with van der Waals surface area (Å²) in [4.78, 5) is 35.2. The van der Waals surface area contributed by atoms with Gasteiger partial charge in [0.05, 0.1) is 0 Å². The van der Waals surface area contributed by atoms with Gasteiger partial charge in [-0.2, -0.15) is 0 Å². The maximum atomic E-state index is 11.6. The fourth-order valence-corrected chi connectivity index (χ4v) is 1.89. The maximum absolute atomic E-state index is 11.6. The van der Waals surface area contributed by atoms with Crippen molar-refractivity contribution >= 4 is 17.8 Å². The van der Waals surface area contributed by atoms with Crippen LogP contribution < -0.4 is 5.32 Å². The molecule has 1 rings (SSSR count). The lowest BCUT2D eigenvalue weighted by Gasteiger charge is -2.38. The van der Waals surface area contributed by atoms with Crippen LogP contribution in [-0.2, 0) is 9.59 Å². The lowest BCUT2D eigenvalue weighted by atomic mass is 9.95. The highest BCUT2D eigenvalue weighted by molar-refractivity contribution is 6.14. The zero-order valence-electron chi connectivity index (χ0n) is 9.29. The first kappa shape index (κ1) is 11.7. The Kier molecular flexibility index (Phi) is 3.12. The minimum Gasteiger partial charge on any atom is -0.277 e. The van der Waals surface area contributed by atoms with Gasteiger partial charge in [0.1, 0.15) is 6.42 Å². The van der Waals surface area contributed by atoms with Gasteiger partial charge in [0.15, 0.2) is 0 Å². The second-order valence-corrected chi connectivity index (χ2v) is 4.32. The molecule has 0 aromatic heterocycles. The first-order chi connectivity index (χ1) is 6.88. The lowest BCUT2D eigenvalue weighted by molar-refractivity contribution is -0.139. The van der Waals surface area contributed by atoms with Crippen LogP contribution in [0.2, 0.25) is 0 Å². The van der Waals surface area contributed by atoms with Crippen LogP contribution in [0.5, 0.6) is 0 Å². The summed E-state index contributed by atoms with van der Waals surface area (Å²) in [5, 5.41) is 2.15. The molecule has 4 amide bonds. The summed E-state index contributed by atoms with van der Waals surface area (Å²) in [7, 11) is 0. The molecule has 0 saturated carbocycles. The van der Waals surface area contributed by atoms with Crippen LogP contribution in [0.25, 0.3) is 0 Å². The number of carbonyl (C=O) groups excluding carboxylic acids is 3. The van der Waals surface area contributed by atoms with Gasteiger partial charge in [-0.1, -0.05) is 13.3 Å². The van der Waals surface area contributed by atoms with Gasteiger partial charge in [-0.15, -0.1) is 0 Å². The van der Waals surface area contributed by atoms with Crippen LogP contribution in [0, 0.1) is 0 Å². The van der Waals surface area contributed by atoms with E-state index < -0.39 is 23.4 Å². The zero-order chi connectivity index (χ0) is 11.6. The van der Waals surface area contributed by atoms with E-state index in [9.17, 15) is 14.4 Å². The molecule has 1 aliphatic heterocycles. The normalized spacial score (nSPS) is 18.1. The summed E-state index contributed by atoms with van der Waals surface area (Å²) in [6, 6.07) is -0.602. The van der Waals surface area contributed by atoms with Gasteiger partial charge in [-0.25, -0.2) is 4.79 Å². The average Bonchev–Trinajstić information content (AvgIpc) is 1.99. The predicted octanol–water partition coefficient (Wildman–Crippen LogP) is 1.03. The van der Waals surface area contributed by atoms with Gasteiger partial charge in [-0.3, -0.25) is 19.8 Å². The third-order valence-electron chi connectivity index (χ3n) is 2.48. The standard InChI is InChI=1S/C10H16N2O3/c1-4-5-10(2,3)12-8(14)6-7(13)11-9(12)15/h4-6H2,1-3H3,(H,11,13,15). The summed E-state index contributed by atoms with van der Waals surface area (Å²) in [5.41, 5.74) is -0.531. The van der Waals surface area contributed by atoms with Crippen LogP contribution in [0.4, 0.5) is 4.79 Å². The minimum absolute atomic E-state index is 0.237. The summed E-state index contributed by atoms with van der Waals surface area (Å²) in [6.07, 6.45) is 1.36. The quantitative estimate of drug-likeness (QED) is 0.710. The fraction of sp³-hybridized carbons (Fsp3) is 0.700. The minimum atomic E-state index is -0.602. The molecule has 1 heterocycles. The molecule has 1 saturated heterocycles. The molecule has 0 radical (unpaired) electrons. The van der Waals surface area contributed by atoms with Crippen LogP contribution in [-0.4, -0.2) is 28.3 Å². The average molecular weight is 212 g/mol. The maximum Gasteiger partial charge on any atom is 0.331 e. The van der Waals surface area contributed by atoms with Crippen molar-refractivity contribution in [2.75, 3.05) is 0 Å². The molecule has 0 aromatic rings. The Bertz CT molecular complexity index is 290. The Hall–Kier alpha value is -1.39. The molecule has 1 aliphatic rings. The molecule has 0 aromatic carbocycles. The molecule has 1 N–H and O–H groups in total. The third kappa shape index (κ3) is 2.34. The van der Waals surface area contributed by atoms with Crippen molar-refractivity contribution in [1.29, 1.82) is 0 Å². The molecule has 84 valence electrons. The van der Waals surface area contributed by atoms with Crippen LogP contribution in [0.15, 0.2) is 0 Å². The van der Waals surface area contributed by atoms with Crippen molar-refractivity contribution in [2.45, 2.75) is 45.6 Å². The van der Waals surface area contributed by atoms with Gasteiger partial charge >= 0.3 is 6.03 Å². The molecular formula is C10H16N2O3. The first-order valence-corrected chi connectivity index (χ1v) is 5.05. The number of barbiturate groups is 1. The number of nitrogens with one attached hydrogen (secondary N) is 1. The zero-order valence-corrected chi connectivity index (χ0v) is 9.29. The summed E-state index contributed by atoms with van der Waals surface area (Å²) in [6.45, 7) is 5.63. The molecule has 0 unspecified atom stereocenters. The van der Waals surface area contributed by atoms with E-state index in [1.54, 1.807) is 0 Å². The van der Waals surface area contributed by atoms with E-state index in [1.807, 2.05) is 20.8 Å². The van der Waals surface area contributed by atoms with E-state index in [4.69, 9.17) is 0 Å². The fourth-order valence-electron chi connectivity index (χ4n) is 1.89. The molecule has 0 aliphatic carbocycles. The van der Waals surface area contributed by atoms with Crippen molar-refractivity contribution in [3.05, 3.63) is 0 Å². The van der Waals surface area contributed by atoms with Crippen LogP contribution in [0.1, 0.15) is 40.0 Å². The van der Waals surface area contributed by atoms with Crippen molar-refractivity contribution in [1.82, 2.24) is 10.2 Å². The Morgan fingerprint density at radius 3 is 2.40 bits per heavy atom. The second-order valence-electron chi connectivity index (χ2n) is 4.32. The monoisotopic (exact) mass is 212 g/mol. The number of nitrogens with zero attached hydrogens (tertiary/aromatic N) is 1. The number of hydrogen-bond acceptors (Lipinski definition) is 3. The lowest BCUT2D eigenvalue weighted by Crippen LogP contribution is -2.60. The Morgan fingerprint density at radius 2 is 1.93 bits per heavy atom.